The van der Waals surface area contributed by atoms with Gasteiger partial charge in [-0.3, -0.25) is 0 Å². The van der Waals surface area contributed by atoms with Crippen LogP contribution in [0, 0.1) is 5.92 Å². The molecule has 154 valence electrons. The van der Waals surface area contributed by atoms with Crippen LogP contribution in [-0.4, -0.2) is 31.8 Å². The normalized spacial score (nSPS) is 16.5. The van der Waals surface area contributed by atoms with Gasteiger partial charge in [0.1, 0.15) is 0 Å². The fraction of sp³-hybridized carbons (Fsp3) is 0.500. The van der Waals surface area contributed by atoms with Gasteiger partial charge in [0, 0.05) is 5.70 Å². The van der Waals surface area contributed by atoms with E-state index in [1.807, 2.05) is 27.7 Å². The van der Waals surface area contributed by atoms with E-state index in [1.165, 1.54) is 0 Å². The van der Waals surface area contributed by atoms with E-state index in [1.54, 1.807) is 19.1 Å². The second-order valence-corrected chi connectivity index (χ2v) is 7.17. The lowest BCUT2D eigenvalue weighted by molar-refractivity contribution is -0.140. The van der Waals surface area contributed by atoms with E-state index in [4.69, 9.17) is 25.8 Å². The Kier molecular flexibility index (Phi) is 7.57. The standard InChI is InChI=1S/C20H27ClN2O5/c1-6-26-15-9-13(8-14(21)18(15)27-7-2)17-16(12(5)22-20(25)23-17)19(24)28-10-11(3)4/h8-9,11,17H,6-7,10H2,1-5H3,(H2,22,23,25). The van der Waals surface area contributed by atoms with Gasteiger partial charge in [0.25, 0.3) is 0 Å². The number of carbonyl (C=O) groups is 2. The average molecular weight is 411 g/mol. The number of ether oxygens (including phenoxy) is 3. The Morgan fingerprint density at radius 3 is 2.50 bits per heavy atom. The zero-order chi connectivity index (χ0) is 20.8. The molecule has 1 heterocycles. The first-order chi connectivity index (χ1) is 13.3. The Morgan fingerprint density at radius 1 is 1.21 bits per heavy atom. The highest BCUT2D eigenvalue weighted by Crippen LogP contribution is 2.40. The summed E-state index contributed by atoms with van der Waals surface area (Å²) < 4.78 is 16.6. The molecule has 0 saturated heterocycles. The number of carbonyl (C=O) groups excluding carboxylic acids is 2. The quantitative estimate of drug-likeness (QED) is 0.633. The molecule has 0 fully saturated rings. The fourth-order valence-electron chi connectivity index (χ4n) is 2.84. The number of urea groups is 1. The number of amides is 2. The van der Waals surface area contributed by atoms with Crippen LogP contribution in [0.3, 0.4) is 0 Å². The van der Waals surface area contributed by atoms with E-state index in [0.29, 0.717) is 46.6 Å². The predicted octanol–water partition coefficient (Wildman–Crippen LogP) is 3.96. The van der Waals surface area contributed by atoms with E-state index in [9.17, 15) is 9.59 Å². The van der Waals surface area contributed by atoms with Gasteiger partial charge in [0.05, 0.1) is 36.5 Å². The van der Waals surface area contributed by atoms with Crippen molar-refractivity contribution in [3.63, 3.8) is 0 Å². The van der Waals surface area contributed by atoms with E-state index in [-0.39, 0.29) is 12.5 Å². The first kappa shape index (κ1) is 21.9. The maximum atomic E-state index is 12.7. The molecule has 2 amide bonds. The first-order valence-electron chi connectivity index (χ1n) is 9.32. The van der Waals surface area contributed by atoms with Gasteiger partial charge in [0.15, 0.2) is 11.5 Å². The maximum absolute atomic E-state index is 12.7. The number of esters is 1. The van der Waals surface area contributed by atoms with E-state index in [2.05, 4.69) is 10.6 Å². The number of nitrogens with one attached hydrogen (secondary N) is 2. The molecule has 28 heavy (non-hydrogen) atoms. The third-order valence-electron chi connectivity index (χ3n) is 3.99. The molecule has 0 aliphatic carbocycles. The maximum Gasteiger partial charge on any atom is 0.338 e. The fourth-order valence-corrected chi connectivity index (χ4v) is 3.11. The van der Waals surface area contributed by atoms with Crippen molar-refractivity contribution in [3.05, 3.63) is 34.0 Å². The van der Waals surface area contributed by atoms with Crippen LogP contribution < -0.4 is 20.1 Å². The smallest absolute Gasteiger partial charge is 0.338 e. The lowest BCUT2D eigenvalue weighted by Crippen LogP contribution is -2.45. The highest BCUT2D eigenvalue weighted by Gasteiger charge is 2.33. The van der Waals surface area contributed by atoms with Crippen molar-refractivity contribution in [2.24, 2.45) is 5.92 Å². The number of benzene rings is 1. The Balaban J connectivity index is 2.48. The van der Waals surface area contributed by atoms with Gasteiger partial charge >= 0.3 is 12.0 Å². The molecule has 1 aliphatic heterocycles. The number of halogens is 1. The van der Waals surface area contributed by atoms with Gasteiger partial charge in [-0.05, 0) is 44.4 Å². The monoisotopic (exact) mass is 410 g/mol. The van der Waals surface area contributed by atoms with Crippen molar-refractivity contribution in [3.8, 4) is 11.5 Å². The molecular weight excluding hydrogens is 384 g/mol. The Morgan fingerprint density at radius 2 is 1.89 bits per heavy atom. The van der Waals surface area contributed by atoms with Crippen LogP contribution in [0.15, 0.2) is 23.4 Å². The van der Waals surface area contributed by atoms with Crippen molar-refractivity contribution in [2.75, 3.05) is 19.8 Å². The molecule has 0 radical (unpaired) electrons. The third kappa shape index (κ3) is 5.10. The minimum absolute atomic E-state index is 0.193. The molecule has 7 nitrogen and oxygen atoms in total. The highest BCUT2D eigenvalue weighted by molar-refractivity contribution is 6.32. The zero-order valence-corrected chi connectivity index (χ0v) is 17.6. The first-order valence-corrected chi connectivity index (χ1v) is 9.70. The summed E-state index contributed by atoms with van der Waals surface area (Å²) >= 11 is 6.41. The van der Waals surface area contributed by atoms with Crippen LogP contribution >= 0.6 is 11.6 Å². The molecule has 1 aliphatic rings. The summed E-state index contributed by atoms with van der Waals surface area (Å²) in [5.74, 6) is 0.581. The van der Waals surface area contributed by atoms with Crippen molar-refractivity contribution < 1.29 is 23.8 Å². The van der Waals surface area contributed by atoms with Crippen molar-refractivity contribution in [2.45, 2.75) is 40.7 Å². The predicted molar refractivity (Wildman–Crippen MR) is 107 cm³/mol. The molecule has 8 heteroatoms. The van der Waals surface area contributed by atoms with Crippen LogP contribution in [0.25, 0.3) is 0 Å². The number of rotatable bonds is 8. The molecule has 2 rings (SSSR count). The number of allylic oxidation sites excluding steroid dienone is 1. The van der Waals surface area contributed by atoms with Crippen LogP contribution in [-0.2, 0) is 9.53 Å². The van der Waals surface area contributed by atoms with Gasteiger partial charge in [-0.1, -0.05) is 25.4 Å². The minimum atomic E-state index is -0.721. The van der Waals surface area contributed by atoms with Crippen LogP contribution in [0.2, 0.25) is 5.02 Å². The Bertz CT molecular complexity index is 776. The minimum Gasteiger partial charge on any atom is -0.490 e. The van der Waals surface area contributed by atoms with Crippen molar-refractivity contribution >= 4 is 23.6 Å². The van der Waals surface area contributed by atoms with Gasteiger partial charge < -0.3 is 24.8 Å². The molecular formula is C20H27ClN2O5. The third-order valence-corrected chi connectivity index (χ3v) is 4.27. The summed E-state index contributed by atoms with van der Waals surface area (Å²) in [5, 5.41) is 5.73. The van der Waals surface area contributed by atoms with E-state index < -0.39 is 18.0 Å². The van der Waals surface area contributed by atoms with Crippen LogP contribution in [0.4, 0.5) is 4.79 Å². The lowest BCUT2D eigenvalue weighted by atomic mass is 9.95. The van der Waals surface area contributed by atoms with Gasteiger partial charge in [0.2, 0.25) is 0 Å². The molecule has 0 aromatic heterocycles. The molecule has 2 N–H and O–H groups in total. The van der Waals surface area contributed by atoms with Gasteiger partial charge in [-0.15, -0.1) is 0 Å². The summed E-state index contributed by atoms with van der Waals surface area (Å²) in [7, 11) is 0. The van der Waals surface area contributed by atoms with Crippen LogP contribution in [0.5, 0.6) is 11.5 Å². The largest absolute Gasteiger partial charge is 0.490 e. The molecule has 1 aromatic carbocycles. The summed E-state index contributed by atoms with van der Waals surface area (Å²) in [6, 6.07) is 2.25. The van der Waals surface area contributed by atoms with Gasteiger partial charge in [-0.2, -0.15) is 0 Å². The summed E-state index contributed by atoms with van der Waals surface area (Å²) in [4.78, 5) is 24.8. The molecule has 1 aromatic rings. The number of hydrogen-bond donors (Lipinski definition) is 2. The molecule has 1 unspecified atom stereocenters. The molecule has 1 atom stereocenters. The second-order valence-electron chi connectivity index (χ2n) is 6.76. The van der Waals surface area contributed by atoms with E-state index >= 15 is 0 Å². The number of hydrogen-bond acceptors (Lipinski definition) is 5. The van der Waals surface area contributed by atoms with Crippen LogP contribution in [0.1, 0.15) is 46.2 Å². The lowest BCUT2D eigenvalue weighted by Gasteiger charge is -2.29. The zero-order valence-electron chi connectivity index (χ0n) is 16.8. The highest BCUT2D eigenvalue weighted by atomic mass is 35.5. The summed E-state index contributed by atoms with van der Waals surface area (Å²) in [6.45, 7) is 10.4. The van der Waals surface area contributed by atoms with Gasteiger partial charge in [-0.25, -0.2) is 9.59 Å². The SMILES string of the molecule is CCOc1cc(C2NC(=O)NC(C)=C2C(=O)OCC(C)C)cc(Cl)c1OCC. The van der Waals surface area contributed by atoms with Crippen molar-refractivity contribution in [1.29, 1.82) is 0 Å². The topological polar surface area (TPSA) is 85.9 Å². The average Bonchev–Trinajstić information content (AvgIpc) is 2.61. The van der Waals surface area contributed by atoms with E-state index in [0.717, 1.165) is 0 Å². The molecule has 0 bridgehead atoms. The van der Waals surface area contributed by atoms with Crippen molar-refractivity contribution in [1.82, 2.24) is 10.6 Å². The molecule has 0 spiro atoms. The molecule has 0 saturated carbocycles. The second kappa shape index (κ2) is 9.68. The Hall–Kier alpha value is -2.41. The Labute approximate surface area is 170 Å². The summed E-state index contributed by atoms with van der Waals surface area (Å²) in [6.07, 6.45) is 0. The summed E-state index contributed by atoms with van der Waals surface area (Å²) in [5.41, 5.74) is 1.36.